The van der Waals surface area contributed by atoms with Crippen LogP contribution >= 0.6 is 0 Å². The summed E-state index contributed by atoms with van der Waals surface area (Å²) >= 11 is 0. The molecule has 5 heteroatoms. The van der Waals surface area contributed by atoms with Gasteiger partial charge in [0.25, 0.3) is 10.0 Å². The van der Waals surface area contributed by atoms with E-state index in [1.165, 1.54) is 4.31 Å². The van der Waals surface area contributed by atoms with E-state index in [9.17, 15) is 8.42 Å². The lowest BCUT2D eigenvalue weighted by Crippen LogP contribution is -2.34. The van der Waals surface area contributed by atoms with E-state index in [-0.39, 0.29) is 6.10 Å². The van der Waals surface area contributed by atoms with Crippen LogP contribution in [-0.2, 0) is 14.8 Å². The molecule has 4 rings (SSSR count). The number of rotatable bonds is 4. The Balaban J connectivity index is 1.75. The van der Waals surface area contributed by atoms with Gasteiger partial charge in [0.2, 0.25) is 0 Å². The zero-order valence-corrected chi connectivity index (χ0v) is 14.9. The Kier molecular flexibility index (Phi) is 4.13. The van der Waals surface area contributed by atoms with Crippen LogP contribution in [0.15, 0.2) is 71.3 Å². The van der Waals surface area contributed by atoms with Crippen LogP contribution in [0.5, 0.6) is 0 Å². The van der Waals surface area contributed by atoms with Crippen LogP contribution in [0.2, 0.25) is 0 Å². The van der Waals surface area contributed by atoms with Crippen molar-refractivity contribution in [2.45, 2.75) is 30.8 Å². The van der Waals surface area contributed by atoms with Crippen molar-refractivity contribution in [2.24, 2.45) is 5.92 Å². The van der Waals surface area contributed by atoms with Crippen molar-refractivity contribution in [3.8, 4) is 0 Å². The Morgan fingerprint density at radius 2 is 1.80 bits per heavy atom. The number of nitrogens with zero attached hydrogens (tertiary/aromatic N) is 1. The number of hydrogen-bond donors (Lipinski definition) is 0. The van der Waals surface area contributed by atoms with E-state index in [0.717, 1.165) is 30.6 Å². The molecule has 2 aromatic carbocycles. The molecule has 0 aromatic heterocycles. The molecule has 2 aromatic rings. The predicted octanol–water partition coefficient (Wildman–Crippen LogP) is 3.88. The van der Waals surface area contributed by atoms with Gasteiger partial charge < -0.3 is 4.74 Å². The molecule has 2 aliphatic rings. The highest BCUT2D eigenvalue weighted by atomic mass is 32.2. The van der Waals surface area contributed by atoms with Crippen LogP contribution in [0.25, 0.3) is 0 Å². The molecule has 25 heavy (non-hydrogen) atoms. The molecule has 0 radical (unpaired) electrons. The fraction of sp³-hybridized carbons (Fsp3) is 0.300. The van der Waals surface area contributed by atoms with Crippen molar-refractivity contribution in [3.63, 3.8) is 0 Å². The van der Waals surface area contributed by atoms with Gasteiger partial charge >= 0.3 is 0 Å². The lowest BCUT2D eigenvalue weighted by molar-refractivity contribution is 0.0848. The highest BCUT2D eigenvalue weighted by Gasteiger charge is 2.41. The van der Waals surface area contributed by atoms with E-state index in [4.69, 9.17) is 4.74 Å². The number of ether oxygens (including phenoxy) is 1. The zero-order valence-electron chi connectivity index (χ0n) is 14.1. The molecule has 0 spiro atoms. The Hall–Kier alpha value is -2.11. The van der Waals surface area contributed by atoms with Gasteiger partial charge in [0.1, 0.15) is 0 Å². The first kappa shape index (κ1) is 16.4. The fourth-order valence-corrected chi connectivity index (χ4v) is 4.85. The van der Waals surface area contributed by atoms with Gasteiger partial charge in [-0.15, -0.1) is 0 Å². The average molecular weight is 355 g/mol. The number of benzene rings is 2. The molecule has 0 amide bonds. The number of hydrogen-bond acceptors (Lipinski definition) is 3. The summed E-state index contributed by atoms with van der Waals surface area (Å²) in [4.78, 5) is 0.294. The van der Waals surface area contributed by atoms with Crippen LogP contribution in [0.3, 0.4) is 0 Å². The maximum Gasteiger partial charge on any atom is 0.268 e. The van der Waals surface area contributed by atoms with E-state index in [2.05, 4.69) is 0 Å². The Morgan fingerprint density at radius 3 is 2.48 bits per heavy atom. The molecule has 2 fully saturated rings. The van der Waals surface area contributed by atoms with Crippen molar-refractivity contribution in [2.75, 3.05) is 10.9 Å². The smallest absolute Gasteiger partial charge is 0.268 e. The molecule has 130 valence electrons. The fourth-order valence-electron chi connectivity index (χ4n) is 3.47. The van der Waals surface area contributed by atoms with Gasteiger partial charge in [0, 0.05) is 12.8 Å². The summed E-state index contributed by atoms with van der Waals surface area (Å²) in [5, 5.41) is 0. The van der Waals surface area contributed by atoms with Crippen molar-refractivity contribution >= 4 is 15.7 Å². The maximum atomic E-state index is 13.3. The number of anilines is 1. The minimum absolute atomic E-state index is 0.0828. The lowest BCUT2D eigenvalue weighted by Gasteiger charge is -2.34. The van der Waals surface area contributed by atoms with E-state index in [0.29, 0.717) is 16.5 Å². The van der Waals surface area contributed by atoms with Crippen molar-refractivity contribution < 1.29 is 13.2 Å². The first-order chi connectivity index (χ1) is 12.1. The van der Waals surface area contributed by atoms with Gasteiger partial charge in [-0.25, -0.2) is 12.7 Å². The second-order valence-electron chi connectivity index (χ2n) is 6.70. The highest BCUT2D eigenvalue weighted by molar-refractivity contribution is 7.93. The normalized spacial score (nSPS) is 24.0. The first-order valence-electron chi connectivity index (χ1n) is 8.54. The third-order valence-corrected chi connectivity index (χ3v) is 6.65. The van der Waals surface area contributed by atoms with Crippen LogP contribution in [-0.4, -0.2) is 21.1 Å². The summed E-state index contributed by atoms with van der Waals surface area (Å²) in [6.45, 7) is 2.71. The molecular formula is C20H21NO3S. The molecule has 1 saturated carbocycles. The van der Waals surface area contributed by atoms with Gasteiger partial charge in [-0.05, 0) is 55.5 Å². The molecule has 1 aliphatic carbocycles. The van der Waals surface area contributed by atoms with Crippen molar-refractivity contribution in [3.05, 3.63) is 71.9 Å². The number of fused-ring (bicyclic) bond motifs is 1. The molecule has 0 N–H and O–H groups in total. The van der Waals surface area contributed by atoms with Crippen LogP contribution in [0, 0.1) is 12.8 Å². The largest absolute Gasteiger partial charge is 0.373 e. The topological polar surface area (TPSA) is 46.6 Å². The summed E-state index contributed by atoms with van der Waals surface area (Å²) in [5.74, 6) is 0.547. The monoisotopic (exact) mass is 355 g/mol. The number of aryl methyl sites for hydroxylation is 1. The molecule has 0 bridgehead atoms. The number of para-hydroxylation sites is 1. The second-order valence-corrected chi connectivity index (χ2v) is 8.51. The van der Waals surface area contributed by atoms with E-state index < -0.39 is 10.0 Å². The predicted molar refractivity (Wildman–Crippen MR) is 97.8 cm³/mol. The average Bonchev–Trinajstić information content (AvgIpc) is 2.97. The third-order valence-electron chi connectivity index (χ3n) is 4.95. The van der Waals surface area contributed by atoms with Crippen molar-refractivity contribution in [1.82, 2.24) is 0 Å². The van der Waals surface area contributed by atoms with E-state index >= 15 is 0 Å². The van der Waals surface area contributed by atoms with Crippen molar-refractivity contribution in [1.29, 1.82) is 0 Å². The minimum Gasteiger partial charge on any atom is -0.373 e. The molecule has 1 saturated heterocycles. The van der Waals surface area contributed by atoms with Crippen LogP contribution in [0.1, 0.15) is 18.4 Å². The SMILES string of the molecule is Cc1ccc(S(=O)(=O)N(/C=C2/C[C@@H]3CCO[C@H]23)c2ccccc2)cc1. The molecule has 1 aliphatic heterocycles. The zero-order chi connectivity index (χ0) is 17.4. The Bertz CT molecular complexity index is 888. The summed E-state index contributed by atoms with van der Waals surface area (Å²) in [6, 6.07) is 16.2. The molecule has 1 heterocycles. The quantitative estimate of drug-likeness (QED) is 0.836. The second kappa shape index (κ2) is 6.32. The van der Waals surface area contributed by atoms with Gasteiger partial charge in [0.15, 0.2) is 0 Å². The van der Waals surface area contributed by atoms with Gasteiger partial charge in [-0.2, -0.15) is 0 Å². The molecule has 2 atom stereocenters. The Morgan fingerprint density at radius 1 is 1.08 bits per heavy atom. The van der Waals surface area contributed by atoms with Gasteiger partial charge in [0.05, 0.1) is 16.7 Å². The summed E-state index contributed by atoms with van der Waals surface area (Å²) in [7, 11) is -3.67. The van der Waals surface area contributed by atoms with Gasteiger partial charge in [-0.3, -0.25) is 0 Å². The molecular weight excluding hydrogens is 334 g/mol. The molecule has 4 nitrogen and oxygen atoms in total. The molecule has 0 unspecified atom stereocenters. The van der Waals surface area contributed by atoms with E-state index in [1.807, 2.05) is 49.4 Å². The van der Waals surface area contributed by atoms with Crippen LogP contribution in [0.4, 0.5) is 5.69 Å². The summed E-state index contributed by atoms with van der Waals surface area (Å²) < 4.78 is 33.6. The van der Waals surface area contributed by atoms with Crippen LogP contribution < -0.4 is 4.31 Å². The number of sulfonamides is 1. The standard InChI is InChI=1S/C20H21NO3S/c1-15-7-9-19(10-8-15)25(22,23)21(18-5-3-2-4-6-18)14-17-13-16-11-12-24-20(16)17/h2-10,14,16,20H,11-13H2,1H3/b17-14-/t16-,20-/m0/s1. The van der Waals surface area contributed by atoms with E-state index in [1.54, 1.807) is 18.3 Å². The first-order valence-corrected chi connectivity index (χ1v) is 9.98. The summed E-state index contributed by atoms with van der Waals surface area (Å²) in [5.41, 5.74) is 2.73. The maximum absolute atomic E-state index is 13.3. The third kappa shape index (κ3) is 2.98. The highest BCUT2D eigenvalue weighted by Crippen LogP contribution is 2.43. The Labute approximate surface area is 148 Å². The summed E-state index contributed by atoms with van der Waals surface area (Å²) in [6.07, 6.45) is 3.83. The van der Waals surface area contributed by atoms with Gasteiger partial charge in [-0.1, -0.05) is 35.9 Å². The lowest BCUT2D eigenvalue weighted by atomic mass is 9.77. The minimum atomic E-state index is -3.67.